The number of nitrogens with one attached hydrogen (secondary N) is 1. The summed E-state index contributed by atoms with van der Waals surface area (Å²) in [6.07, 6.45) is 1.54. The SMILES string of the molecule is CC[C@H](C)CC(=O)N1CCn2c(nc(-c3ccc(F)cc3)c2Nc2ccc(Cl)cc2)C1. The first-order valence-electron chi connectivity index (χ1n) is 10.6. The Morgan fingerprint density at radius 2 is 1.87 bits per heavy atom. The zero-order chi connectivity index (χ0) is 22.0. The molecular weight excluding hydrogens is 415 g/mol. The van der Waals surface area contributed by atoms with E-state index in [2.05, 4.69) is 23.7 Å². The number of nitrogens with zero attached hydrogens (tertiary/aromatic N) is 3. The van der Waals surface area contributed by atoms with Crippen molar-refractivity contribution in [3.8, 4) is 11.3 Å². The second kappa shape index (κ2) is 9.10. The van der Waals surface area contributed by atoms with E-state index in [1.807, 2.05) is 29.2 Å². The van der Waals surface area contributed by atoms with Crippen LogP contribution in [-0.2, 0) is 17.9 Å². The third-order valence-corrected chi connectivity index (χ3v) is 6.02. The molecule has 0 saturated carbocycles. The monoisotopic (exact) mass is 440 g/mol. The predicted octanol–water partition coefficient (Wildman–Crippen LogP) is 5.86. The van der Waals surface area contributed by atoms with Gasteiger partial charge in [0.2, 0.25) is 5.91 Å². The van der Waals surface area contributed by atoms with Crippen LogP contribution >= 0.6 is 11.6 Å². The van der Waals surface area contributed by atoms with E-state index in [-0.39, 0.29) is 11.7 Å². The lowest BCUT2D eigenvalue weighted by Gasteiger charge is -2.29. The molecule has 7 heteroatoms. The first kappa shape index (κ1) is 21.4. The van der Waals surface area contributed by atoms with Gasteiger partial charge in [0.1, 0.15) is 23.2 Å². The van der Waals surface area contributed by atoms with Gasteiger partial charge in [-0.15, -0.1) is 0 Å². The number of aromatic nitrogens is 2. The fourth-order valence-electron chi connectivity index (χ4n) is 3.72. The summed E-state index contributed by atoms with van der Waals surface area (Å²) in [7, 11) is 0. The molecule has 1 N–H and O–H groups in total. The summed E-state index contributed by atoms with van der Waals surface area (Å²) in [6.45, 7) is 5.95. The fraction of sp³-hybridized carbons (Fsp3) is 0.333. The van der Waals surface area contributed by atoms with Crippen LogP contribution in [-0.4, -0.2) is 26.9 Å². The van der Waals surface area contributed by atoms with Crippen molar-refractivity contribution in [1.29, 1.82) is 0 Å². The summed E-state index contributed by atoms with van der Waals surface area (Å²) in [5.74, 6) is 1.89. The lowest BCUT2D eigenvalue weighted by Crippen LogP contribution is -2.39. The molecule has 0 bridgehead atoms. The molecule has 2 heterocycles. The standard InChI is InChI=1S/C24H26ClFN4O/c1-3-16(2)14-22(31)29-12-13-30-21(15-29)28-23(17-4-8-19(26)9-5-17)24(30)27-20-10-6-18(25)7-11-20/h4-11,16,27H,3,12-15H2,1-2H3/t16-/m0/s1. The lowest BCUT2D eigenvalue weighted by atomic mass is 10.0. The Bertz CT molecular complexity index is 1060. The number of rotatable bonds is 6. The van der Waals surface area contributed by atoms with Crippen LogP contribution in [0.2, 0.25) is 5.02 Å². The van der Waals surface area contributed by atoms with E-state index in [4.69, 9.17) is 16.6 Å². The topological polar surface area (TPSA) is 50.2 Å². The van der Waals surface area contributed by atoms with Crippen LogP contribution in [0.4, 0.5) is 15.9 Å². The first-order chi connectivity index (χ1) is 14.9. The summed E-state index contributed by atoms with van der Waals surface area (Å²) in [4.78, 5) is 19.5. The minimum Gasteiger partial charge on any atom is -0.340 e. The van der Waals surface area contributed by atoms with Gasteiger partial charge in [0.15, 0.2) is 0 Å². The molecule has 4 rings (SSSR count). The second-order valence-corrected chi connectivity index (χ2v) is 8.48. The van der Waals surface area contributed by atoms with Crippen molar-refractivity contribution in [2.45, 2.75) is 39.8 Å². The van der Waals surface area contributed by atoms with Gasteiger partial charge in [-0.25, -0.2) is 9.37 Å². The molecule has 162 valence electrons. The molecular formula is C24H26ClFN4O. The molecule has 1 aliphatic rings. The average Bonchev–Trinajstić information content (AvgIpc) is 3.13. The second-order valence-electron chi connectivity index (χ2n) is 8.05. The number of benzene rings is 2. The maximum absolute atomic E-state index is 13.5. The van der Waals surface area contributed by atoms with Gasteiger partial charge in [-0.1, -0.05) is 31.9 Å². The molecule has 2 aromatic carbocycles. The molecule has 0 saturated heterocycles. The number of hydrogen-bond donors (Lipinski definition) is 1. The number of hydrogen-bond acceptors (Lipinski definition) is 3. The molecule has 5 nitrogen and oxygen atoms in total. The van der Waals surface area contributed by atoms with Gasteiger partial charge in [0.05, 0.1) is 6.54 Å². The Morgan fingerprint density at radius 1 is 1.16 bits per heavy atom. The smallest absolute Gasteiger partial charge is 0.223 e. The van der Waals surface area contributed by atoms with Crippen molar-refractivity contribution in [2.75, 3.05) is 11.9 Å². The van der Waals surface area contributed by atoms with E-state index >= 15 is 0 Å². The number of amides is 1. The van der Waals surface area contributed by atoms with Gasteiger partial charge in [-0.3, -0.25) is 4.79 Å². The maximum atomic E-state index is 13.5. The predicted molar refractivity (Wildman–Crippen MR) is 122 cm³/mol. The number of fused-ring (bicyclic) bond motifs is 1. The van der Waals surface area contributed by atoms with Crippen molar-refractivity contribution < 1.29 is 9.18 Å². The Hall–Kier alpha value is -2.86. The zero-order valence-corrected chi connectivity index (χ0v) is 18.5. The van der Waals surface area contributed by atoms with E-state index in [1.54, 1.807) is 12.1 Å². The van der Waals surface area contributed by atoms with E-state index in [0.717, 1.165) is 35.0 Å². The summed E-state index contributed by atoms with van der Waals surface area (Å²) in [6, 6.07) is 13.8. The zero-order valence-electron chi connectivity index (χ0n) is 17.7. The lowest BCUT2D eigenvalue weighted by molar-refractivity contribution is -0.133. The molecule has 1 aliphatic heterocycles. The number of halogens is 2. The van der Waals surface area contributed by atoms with Crippen molar-refractivity contribution in [3.63, 3.8) is 0 Å². The molecule has 3 aromatic rings. The molecule has 0 radical (unpaired) electrons. The quantitative estimate of drug-likeness (QED) is 0.522. The van der Waals surface area contributed by atoms with E-state index in [1.165, 1.54) is 12.1 Å². The van der Waals surface area contributed by atoms with Crippen LogP contribution in [0.3, 0.4) is 0 Å². The van der Waals surface area contributed by atoms with Crippen molar-refractivity contribution in [2.24, 2.45) is 5.92 Å². The molecule has 0 spiro atoms. The van der Waals surface area contributed by atoms with Crippen LogP contribution in [0.15, 0.2) is 48.5 Å². The highest BCUT2D eigenvalue weighted by Gasteiger charge is 2.27. The highest BCUT2D eigenvalue weighted by Crippen LogP contribution is 2.33. The van der Waals surface area contributed by atoms with Gasteiger partial charge in [0, 0.05) is 35.8 Å². The Kier molecular flexibility index (Phi) is 6.28. The summed E-state index contributed by atoms with van der Waals surface area (Å²) in [5, 5.41) is 4.11. The van der Waals surface area contributed by atoms with E-state index in [9.17, 15) is 9.18 Å². The molecule has 0 aliphatic carbocycles. The summed E-state index contributed by atoms with van der Waals surface area (Å²) in [5.41, 5.74) is 2.43. The molecule has 1 atom stereocenters. The van der Waals surface area contributed by atoms with Crippen molar-refractivity contribution in [1.82, 2.24) is 14.5 Å². The average molecular weight is 441 g/mol. The Balaban J connectivity index is 1.68. The van der Waals surface area contributed by atoms with Crippen molar-refractivity contribution >= 4 is 29.0 Å². The summed E-state index contributed by atoms with van der Waals surface area (Å²) >= 11 is 6.02. The molecule has 0 unspecified atom stereocenters. The van der Waals surface area contributed by atoms with Crippen LogP contribution in [0.5, 0.6) is 0 Å². The fourth-order valence-corrected chi connectivity index (χ4v) is 3.85. The van der Waals surface area contributed by atoms with Crippen LogP contribution < -0.4 is 5.32 Å². The van der Waals surface area contributed by atoms with Crippen LogP contribution in [0.1, 0.15) is 32.5 Å². The Morgan fingerprint density at radius 3 is 2.55 bits per heavy atom. The third-order valence-electron chi connectivity index (χ3n) is 5.77. The molecule has 1 amide bonds. The number of carbonyl (C=O) groups excluding carboxylic acids is 1. The van der Waals surface area contributed by atoms with E-state index in [0.29, 0.717) is 37.0 Å². The summed E-state index contributed by atoms with van der Waals surface area (Å²) < 4.78 is 15.6. The van der Waals surface area contributed by atoms with Gasteiger partial charge < -0.3 is 14.8 Å². The highest BCUT2D eigenvalue weighted by atomic mass is 35.5. The third kappa shape index (κ3) is 4.74. The van der Waals surface area contributed by atoms with Crippen molar-refractivity contribution in [3.05, 3.63) is 65.2 Å². The van der Waals surface area contributed by atoms with Crippen LogP contribution in [0, 0.1) is 11.7 Å². The van der Waals surface area contributed by atoms with E-state index < -0.39 is 0 Å². The minimum absolute atomic E-state index is 0.166. The molecule has 0 fully saturated rings. The van der Waals surface area contributed by atoms with Gasteiger partial charge >= 0.3 is 0 Å². The number of anilines is 2. The number of imidazole rings is 1. The minimum atomic E-state index is -0.290. The van der Waals surface area contributed by atoms with Crippen LogP contribution in [0.25, 0.3) is 11.3 Å². The van der Waals surface area contributed by atoms with Gasteiger partial charge in [-0.2, -0.15) is 0 Å². The first-order valence-corrected chi connectivity index (χ1v) is 11.0. The number of carbonyl (C=O) groups is 1. The molecule has 31 heavy (non-hydrogen) atoms. The maximum Gasteiger partial charge on any atom is 0.223 e. The van der Waals surface area contributed by atoms with Gasteiger partial charge in [-0.05, 0) is 54.4 Å². The largest absolute Gasteiger partial charge is 0.340 e. The Labute approximate surface area is 186 Å². The highest BCUT2D eigenvalue weighted by molar-refractivity contribution is 6.30. The van der Waals surface area contributed by atoms with Gasteiger partial charge in [0.25, 0.3) is 0 Å². The normalized spacial score (nSPS) is 14.3. The molecule has 1 aromatic heterocycles.